The van der Waals surface area contributed by atoms with E-state index in [1.165, 1.54) is 36.0 Å². The fourth-order valence-electron chi connectivity index (χ4n) is 3.21. The van der Waals surface area contributed by atoms with Gasteiger partial charge in [-0.3, -0.25) is 9.59 Å². The summed E-state index contributed by atoms with van der Waals surface area (Å²) in [5, 5.41) is 5.75. The van der Waals surface area contributed by atoms with Crippen molar-refractivity contribution in [2.24, 2.45) is 0 Å². The highest BCUT2D eigenvalue weighted by molar-refractivity contribution is 8.00. The van der Waals surface area contributed by atoms with Gasteiger partial charge in [-0.2, -0.15) is 0 Å². The highest BCUT2D eigenvalue weighted by Crippen LogP contribution is 2.24. The third kappa shape index (κ3) is 6.67. The number of benzene rings is 3. The summed E-state index contributed by atoms with van der Waals surface area (Å²) in [6, 6.07) is 22.9. The van der Waals surface area contributed by atoms with E-state index in [-0.39, 0.29) is 29.4 Å². The lowest BCUT2D eigenvalue weighted by Crippen LogP contribution is -2.34. The second kappa shape index (κ2) is 11.5. The third-order valence-electron chi connectivity index (χ3n) is 4.88. The quantitative estimate of drug-likeness (QED) is 0.467. The van der Waals surface area contributed by atoms with E-state index in [1.807, 2.05) is 56.6 Å². The van der Waals surface area contributed by atoms with Gasteiger partial charge < -0.3 is 15.5 Å². The molecule has 0 aromatic heterocycles. The van der Waals surface area contributed by atoms with E-state index < -0.39 is 0 Å². The molecule has 2 amide bonds. The average molecular weight is 452 g/mol. The summed E-state index contributed by atoms with van der Waals surface area (Å²) >= 11 is 1.29. The van der Waals surface area contributed by atoms with Gasteiger partial charge in [0.05, 0.1) is 17.4 Å². The Morgan fingerprint density at radius 2 is 1.59 bits per heavy atom. The number of likely N-dealkylation sites (N-methyl/N-ethyl adjacent to an activating group) is 1. The monoisotopic (exact) mass is 451 g/mol. The van der Waals surface area contributed by atoms with Gasteiger partial charge in [0.2, 0.25) is 5.91 Å². The Morgan fingerprint density at radius 3 is 2.28 bits per heavy atom. The van der Waals surface area contributed by atoms with E-state index in [0.29, 0.717) is 17.8 Å². The van der Waals surface area contributed by atoms with Gasteiger partial charge in [0.1, 0.15) is 5.82 Å². The Balaban J connectivity index is 1.60. The van der Waals surface area contributed by atoms with E-state index in [1.54, 1.807) is 12.1 Å². The third-order valence-corrected chi connectivity index (χ3v) is 5.96. The lowest BCUT2D eigenvalue weighted by atomic mass is 10.1. The van der Waals surface area contributed by atoms with Crippen LogP contribution in [0.2, 0.25) is 0 Å². The molecule has 2 N–H and O–H groups in total. The zero-order chi connectivity index (χ0) is 22.9. The number of nitrogens with one attached hydrogen (secondary N) is 2. The summed E-state index contributed by atoms with van der Waals surface area (Å²) in [6.07, 6.45) is 0. The molecule has 32 heavy (non-hydrogen) atoms. The van der Waals surface area contributed by atoms with Gasteiger partial charge in [-0.15, -0.1) is 11.8 Å². The molecule has 5 nitrogen and oxygen atoms in total. The van der Waals surface area contributed by atoms with E-state index in [4.69, 9.17) is 0 Å². The maximum atomic E-state index is 13.0. The first kappa shape index (κ1) is 23.5. The molecule has 0 aliphatic heterocycles. The molecule has 0 saturated heterocycles. The Labute approximate surface area is 192 Å². The van der Waals surface area contributed by atoms with Crippen molar-refractivity contribution in [1.82, 2.24) is 10.2 Å². The molecule has 0 spiro atoms. The van der Waals surface area contributed by atoms with Crippen molar-refractivity contribution in [2.45, 2.75) is 10.9 Å². The molecule has 0 saturated carbocycles. The second-order valence-electron chi connectivity index (χ2n) is 7.44. The molecule has 3 aromatic rings. The standard InChI is InChI=1S/C25H26FN3O2S/c1-29(2)22(18-8-4-3-5-9-18)16-27-25(31)21-10-6-7-11-23(21)32-17-24(30)28-20-14-12-19(26)13-15-20/h3-15,22H,16-17H2,1-2H3,(H,27,31)(H,28,30)/t22-/m0/s1. The molecule has 7 heteroatoms. The molecule has 166 valence electrons. The molecule has 0 unspecified atom stereocenters. The number of halogens is 1. The summed E-state index contributed by atoms with van der Waals surface area (Å²) < 4.78 is 13.0. The van der Waals surface area contributed by atoms with Crippen LogP contribution >= 0.6 is 11.8 Å². The maximum absolute atomic E-state index is 13.0. The molecule has 0 radical (unpaired) electrons. The van der Waals surface area contributed by atoms with Gasteiger partial charge in [-0.1, -0.05) is 42.5 Å². The zero-order valence-electron chi connectivity index (χ0n) is 18.0. The fourth-order valence-corrected chi connectivity index (χ4v) is 4.06. The second-order valence-corrected chi connectivity index (χ2v) is 8.46. The van der Waals surface area contributed by atoms with Crippen LogP contribution in [-0.2, 0) is 4.79 Å². The minimum Gasteiger partial charge on any atom is -0.350 e. The molecule has 0 aliphatic carbocycles. The van der Waals surface area contributed by atoms with Crippen molar-refractivity contribution in [1.29, 1.82) is 0 Å². The van der Waals surface area contributed by atoms with Crippen molar-refractivity contribution in [3.8, 4) is 0 Å². The molecule has 0 fully saturated rings. The molecule has 1 atom stereocenters. The number of amides is 2. The first-order chi connectivity index (χ1) is 15.4. The summed E-state index contributed by atoms with van der Waals surface area (Å²) in [4.78, 5) is 28.0. The average Bonchev–Trinajstić information content (AvgIpc) is 2.80. The highest BCUT2D eigenvalue weighted by atomic mass is 32.2. The molecule has 0 bridgehead atoms. The van der Waals surface area contributed by atoms with E-state index in [0.717, 1.165) is 10.5 Å². The van der Waals surface area contributed by atoms with Gasteiger partial charge in [0.15, 0.2) is 0 Å². The van der Waals surface area contributed by atoms with Crippen LogP contribution in [0.15, 0.2) is 83.8 Å². The van der Waals surface area contributed by atoms with E-state index in [9.17, 15) is 14.0 Å². The largest absolute Gasteiger partial charge is 0.350 e. The number of hydrogen-bond donors (Lipinski definition) is 2. The number of carbonyl (C=O) groups is 2. The Morgan fingerprint density at radius 1 is 0.938 bits per heavy atom. The number of thioether (sulfide) groups is 1. The molecule has 3 rings (SSSR count). The van der Waals surface area contributed by atoms with Gasteiger partial charge in [0.25, 0.3) is 5.91 Å². The zero-order valence-corrected chi connectivity index (χ0v) is 18.9. The van der Waals surface area contributed by atoms with Crippen LogP contribution in [0.4, 0.5) is 10.1 Å². The van der Waals surface area contributed by atoms with Gasteiger partial charge in [0, 0.05) is 17.1 Å². The van der Waals surface area contributed by atoms with Crippen molar-refractivity contribution in [2.75, 3.05) is 31.7 Å². The first-order valence-electron chi connectivity index (χ1n) is 10.2. The Kier molecular flexibility index (Phi) is 8.41. The van der Waals surface area contributed by atoms with Crippen LogP contribution in [0, 0.1) is 5.82 Å². The molecule has 0 heterocycles. The number of carbonyl (C=O) groups excluding carboxylic acids is 2. The van der Waals surface area contributed by atoms with E-state index in [2.05, 4.69) is 15.5 Å². The number of hydrogen-bond acceptors (Lipinski definition) is 4. The van der Waals surface area contributed by atoms with Crippen LogP contribution < -0.4 is 10.6 Å². The van der Waals surface area contributed by atoms with E-state index >= 15 is 0 Å². The van der Waals surface area contributed by atoms with Gasteiger partial charge >= 0.3 is 0 Å². The minimum atomic E-state index is -0.360. The van der Waals surface area contributed by atoms with Crippen molar-refractivity contribution < 1.29 is 14.0 Å². The molecule has 0 aliphatic rings. The van der Waals surface area contributed by atoms with Crippen molar-refractivity contribution in [3.63, 3.8) is 0 Å². The fraction of sp³-hybridized carbons (Fsp3) is 0.200. The summed E-state index contributed by atoms with van der Waals surface area (Å²) in [5.41, 5.74) is 2.18. The van der Waals surface area contributed by atoms with Crippen LogP contribution in [0.1, 0.15) is 22.0 Å². The smallest absolute Gasteiger partial charge is 0.252 e. The van der Waals surface area contributed by atoms with Crippen molar-refractivity contribution in [3.05, 3.63) is 95.8 Å². The summed E-state index contributed by atoms with van der Waals surface area (Å²) in [7, 11) is 3.96. The molecule has 3 aromatic carbocycles. The van der Waals surface area contributed by atoms with Crippen LogP contribution in [0.25, 0.3) is 0 Å². The number of rotatable bonds is 9. The minimum absolute atomic E-state index is 0.0430. The Bertz CT molecular complexity index is 1040. The van der Waals surface area contributed by atoms with Crippen LogP contribution in [0.3, 0.4) is 0 Å². The predicted molar refractivity (Wildman–Crippen MR) is 127 cm³/mol. The normalized spacial score (nSPS) is 11.8. The lowest BCUT2D eigenvalue weighted by Gasteiger charge is -2.25. The maximum Gasteiger partial charge on any atom is 0.252 e. The molecular formula is C25H26FN3O2S. The predicted octanol–water partition coefficient (Wildman–Crippen LogP) is 4.59. The number of anilines is 1. The lowest BCUT2D eigenvalue weighted by molar-refractivity contribution is -0.113. The van der Waals surface area contributed by atoms with Crippen LogP contribution in [-0.4, -0.2) is 43.1 Å². The SMILES string of the molecule is CN(C)[C@@H](CNC(=O)c1ccccc1SCC(=O)Nc1ccc(F)cc1)c1ccccc1. The highest BCUT2D eigenvalue weighted by Gasteiger charge is 2.17. The van der Waals surface area contributed by atoms with Gasteiger partial charge in [-0.05, 0) is 56.1 Å². The number of nitrogens with zero attached hydrogens (tertiary/aromatic N) is 1. The summed E-state index contributed by atoms with van der Waals surface area (Å²) in [5.74, 6) is -0.643. The summed E-state index contributed by atoms with van der Waals surface area (Å²) in [6.45, 7) is 0.458. The topological polar surface area (TPSA) is 61.4 Å². The first-order valence-corrected chi connectivity index (χ1v) is 11.2. The van der Waals surface area contributed by atoms with Gasteiger partial charge in [-0.25, -0.2) is 4.39 Å². The van der Waals surface area contributed by atoms with Crippen molar-refractivity contribution >= 4 is 29.3 Å². The Hall–Kier alpha value is -3.16. The molecular weight excluding hydrogens is 425 g/mol. The van der Waals surface area contributed by atoms with Crippen LogP contribution in [0.5, 0.6) is 0 Å².